The van der Waals surface area contributed by atoms with Gasteiger partial charge in [0.05, 0.1) is 18.1 Å². The van der Waals surface area contributed by atoms with E-state index in [1.807, 2.05) is 25.1 Å². The summed E-state index contributed by atoms with van der Waals surface area (Å²) in [6, 6.07) is 9.65. The Balaban J connectivity index is 1.64. The fourth-order valence-corrected chi connectivity index (χ4v) is 4.67. The van der Waals surface area contributed by atoms with Gasteiger partial charge in [0.25, 0.3) is 0 Å². The molecule has 3 rings (SSSR count). The standard InChI is InChI=1S/C22H31NO4/c1-3-12-23-15-18(21(24)26-4-2)13-17-14-19(10-11-20(17)23)27-22(25)16-8-6-5-7-9-16/h5-9,17-20H,3-4,10-15H2,1-2H3/t17-,18-,19?,20?/m1/s1. The summed E-state index contributed by atoms with van der Waals surface area (Å²) < 4.78 is 11.1. The van der Waals surface area contributed by atoms with E-state index >= 15 is 0 Å². The van der Waals surface area contributed by atoms with Gasteiger partial charge in [-0.3, -0.25) is 9.69 Å². The van der Waals surface area contributed by atoms with Crippen LogP contribution >= 0.6 is 0 Å². The average molecular weight is 373 g/mol. The smallest absolute Gasteiger partial charge is 0.338 e. The van der Waals surface area contributed by atoms with Crippen molar-refractivity contribution >= 4 is 11.9 Å². The zero-order chi connectivity index (χ0) is 19.2. The zero-order valence-corrected chi connectivity index (χ0v) is 16.4. The van der Waals surface area contributed by atoms with Crippen LogP contribution in [0.1, 0.15) is 56.3 Å². The van der Waals surface area contributed by atoms with Gasteiger partial charge in [0.1, 0.15) is 6.10 Å². The van der Waals surface area contributed by atoms with Gasteiger partial charge in [-0.2, -0.15) is 0 Å². The van der Waals surface area contributed by atoms with Crippen LogP contribution < -0.4 is 0 Å². The van der Waals surface area contributed by atoms with Crippen LogP contribution in [0.25, 0.3) is 0 Å². The third kappa shape index (κ3) is 4.89. The first-order valence-electron chi connectivity index (χ1n) is 10.3. The van der Waals surface area contributed by atoms with Crippen molar-refractivity contribution in [3.8, 4) is 0 Å². The highest BCUT2D eigenvalue weighted by Gasteiger charge is 2.43. The van der Waals surface area contributed by atoms with Crippen molar-refractivity contribution < 1.29 is 19.1 Å². The van der Waals surface area contributed by atoms with E-state index in [0.717, 1.165) is 45.2 Å². The molecule has 1 aromatic rings. The Kier molecular flexibility index (Phi) is 6.89. The number of carbonyl (C=O) groups is 2. The van der Waals surface area contributed by atoms with E-state index < -0.39 is 0 Å². The molecule has 27 heavy (non-hydrogen) atoms. The molecule has 0 aromatic heterocycles. The maximum Gasteiger partial charge on any atom is 0.338 e. The number of rotatable bonds is 6. The van der Waals surface area contributed by atoms with Crippen molar-refractivity contribution in [2.45, 2.75) is 58.1 Å². The molecular formula is C22H31NO4. The Bertz CT molecular complexity index is 632. The van der Waals surface area contributed by atoms with Gasteiger partial charge in [0.2, 0.25) is 0 Å². The monoisotopic (exact) mass is 373 g/mol. The molecule has 1 aromatic carbocycles. The van der Waals surface area contributed by atoms with Crippen molar-refractivity contribution in [3.05, 3.63) is 35.9 Å². The lowest BCUT2D eigenvalue weighted by atomic mass is 9.73. The minimum absolute atomic E-state index is 0.0663. The zero-order valence-electron chi connectivity index (χ0n) is 16.4. The van der Waals surface area contributed by atoms with Gasteiger partial charge in [0, 0.05) is 12.6 Å². The van der Waals surface area contributed by atoms with Crippen molar-refractivity contribution in [2.75, 3.05) is 19.7 Å². The summed E-state index contributed by atoms with van der Waals surface area (Å²) in [7, 11) is 0. The third-order valence-electron chi connectivity index (χ3n) is 5.82. The lowest BCUT2D eigenvalue weighted by Crippen LogP contribution is -2.53. The molecule has 2 unspecified atom stereocenters. The quantitative estimate of drug-likeness (QED) is 0.712. The first kappa shape index (κ1) is 19.9. The molecule has 1 aliphatic carbocycles. The highest BCUT2D eigenvalue weighted by Crippen LogP contribution is 2.39. The Morgan fingerprint density at radius 1 is 1.11 bits per heavy atom. The molecule has 1 saturated carbocycles. The molecule has 0 bridgehead atoms. The number of esters is 2. The van der Waals surface area contributed by atoms with E-state index in [-0.39, 0.29) is 24.0 Å². The number of nitrogens with zero attached hydrogens (tertiary/aromatic N) is 1. The number of piperidine rings is 1. The number of carbonyl (C=O) groups excluding carboxylic acids is 2. The molecule has 0 spiro atoms. The van der Waals surface area contributed by atoms with Crippen LogP contribution in [0.4, 0.5) is 0 Å². The number of likely N-dealkylation sites (tertiary alicyclic amines) is 1. The van der Waals surface area contributed by atoms with E-state index in [2.05, 4.69) is 11.8 Å². The van der Waals surface area contributed by atoms with Crippen molar-refractivity contribution in [1.82, 2.24) is 4.90 Å². The van der Waals surface area contributed by atoms with Crippen LogP contribution in [-0.2, 0) is 14.3 Å². The maximum atomic E-state index is 12.4. The number of benzene rings is 1. The van der Waals surface area contributed by atoms with Crippen molar-refractivity contribution in [2.24, 2.45) is 11.8 Å². The molecule has 0 N–H and O–H groups in total. The molecule has 1 heterocycles. The largest absolute Gasteiger partial charge is 0.466 e. The van der Waals surface area contributed by atoms with Crippen LogP contribution in [0.2, 0.25) is 0 Å². The second kappa shape index (κ2) is 9.36. The van der Waals surface area contributed by atoms with Gasteiger partial charge in [0.15, 0.2) is 0 Å². The fraction of sp³-hybridized carbons (Fsp3) is 0.636. The first-order chi connectivity index (χ1) is 13.1. The molecular weight excluding hydrogens is 342 g/mol. The Labute approximate surface area is 162 Å². The normalized spacial score (nSPS) is 28.2. The average Bonchev–Trinajstić information content (AvgIpc) is 2.68. The molecule has 5 nitrogen and oxygen atoms in total. The molecule has 148 valence electrons. The van der Waals surface area contributed by atoms with Crippen molar-refractivity contribution in [1.29, 1.82) is 0 Å². The predicted molar refractivity (Wildman–Crippen MR) is 103 cm³/mol. The summed E-state index contributed by atoms with van der Waals surface area (Å²) >= 11 is 0. The SMILES string of the molecule is CCCN1C[C@H](C(=O)OCC)C[C@@H]2CC(OC(=O)c3ccccc3)CCC21. The molecule has 4 atom stereocenters. The lowest BCUT2D eigenvalue weighted by molar-refractivity contribution is -0.153. The maximum absolute atomic E-state index is 12.4. The second-order valence-corrected chi connectivity index (χ2v) is 7.71. The number of fused-ring (bicyclic) bond motifs is 1. The Morgan fingerprint density at radius 3 is 2.59 bits per heavy atom. The topological polar surface area (TPSA) is 55.8 Å². The highest BCUT2D eigenvalue weighted by molar-refractivity contribution is 5.89. The summed E-state index contributed by atoms with van der Waals surface area (Å²) in [6.07, 6.45) is 4.59. The van der Waals surface area contributed by atoms with Crippen molar-refractivity contribution in [3.63, 3.8) is 0 Å². The molecule has 1 saturated heterocycles. The van der Waals surface area contributed by atoms with Gasteiger partial charge in [-0.05, 0) is 63.6 Å². The molecule has 2 aliphatic rings. The molecule has 0 radical (unpaired) electrons. The first-order valence-corrected chi connectivity index (χ1v) is 10.3. The summed E-state index contributed by atoms with van der Waals surface area (Å²) in [5.74, 6) is -0.0222. The van der Waals surface area contributed by atoms with Crippen LogP contribution in [0.15, 0.2) is 30.3 Å². The molecule has 0 amide bonds. The van der Waals surface area contributed by atoms with E-state index in [1.165, 1.54) is 0 Å². The van der Waals surface area contributed by atoms with Gasteiger partial charge < -0.3 is 9.47 Å². The summed E-state index contributed by atoms with van der Waals surface area (Å²) in [5, 5.41) is 0. The van der Waals surface area contributed by atoms with E-state index in [9.17, 15) is 9.59 Å². The Morgan fingerprint density at radius 2 is 1.89 bits per heavy atom. The minimum Gasteiger partial charge on any atom is -0.466 e. The summed E-state index contributed by atoms with van der Waals surface area (Å²) in [6.45, 7) is 6.26. The van der Waals surface area contributed by atoms with Crippen LogP contribution in [0.5, 0.6) is 0 Å². The van der Waals surface area contributed by atoms with Crippen LogP contribution in [0, 0.1) is 11.8 Å². The van der Waals surface area contributed by atoms with Gasteiger partial charge in [-0.15, -0.1) is 0 Å². The number of hydrogen-bond acceptors (Lipinski definition) is 5. The van der Waals surface area contributed by atoms with E-state index in [0.29, 0.717) is 24.1 Å². The van der Waals surface area contributed by atoms with Gasteiger partial charge >= 0.3 is 11.9 Å². The Hall–Kier alpha value is -1.88. The number of hydrogen-bond donors (Lipinski definition) is 0. The van der Waals surface area contributed by atoms with Crippen LogP contribution in [-0.4, -0.2) is 48.7 Å². The molecule has 5 heteroatoms. The third-order valence-corrected chi connectivity index (χ3v) is 5.82. The fourth-order valence-electron chi connectivity index (χ4n) is 4.67. The molecule has 2 fully saturated rings. The van der Waals surface area contributed by atoms with Gasteiger partial charge in [-0.25, -0.2) is 4.79 Å². The minimum atomic E-state index is -0.248. The van der Waals surface area contributed by atoms with E-state index in [4.69, 9.17) is 9.47 Å². The highest BCUT2D eigenvalue weighted by atomic mass is 16.5. The van der Waals surface area contributed by atoms with Crippen LogP contribution in [0.3, 0.4) is 0 Å². The van der Waals surface area contributed by atoms with Gasteiger partial charge in [-0.1, -0.05) is 25.1 Å². The second-order valence-electron chi connectivity index (χ2n) is 7.71. The number of ether oxygens (including phenoxy) is 2. The summed E-state index contributed by atoms with van der Waals surface area (Å²) in [5.41, 5.74) is 0.597. The molecule has 1 aliphatic heterocycles. The predicted octanol–water partition coefficient (Wildman–Crippen LogP) is 3.68. The van der Waals surface area contributed by atoms with E-state index in [1.54, 1.807) is 12.1 Å². The summed E-state index contributed by atoms with van der Waals surface area (Å²) in [4.78, 5) is 27.2. The lowest BCUT2D eigenvalue weighted by Gasteiger charge is -2.48.